The minimum atomic E-state index is -0.118. The number of methoxy groups -OCH3 is 1. The number of hydrogen-bond donors (Lipinski definition) is 1. The van der Waals surface area contributed by atoms with Crippen LogP contribution in [0.2, 0.25) is 0 Å². The summed E-state index contributed by atoms with van der Waals surface area (Å²) in [7, 11) is 1.44. The molecule has 1 aliphatic carbocycles. The predicted octanol–water partition coefficient (Wildman–Crippen LogP) is 3.38. The highest BCUT2D eigenvalue weighted by Crippen LogP contribution is 2.52. The first kappa shape index (κ1) is 14.9. The summed E-state index contributed by atoms with van der Waals surface area (Å²) < 4.78 is 5.74. The van der Waals surface area contributed by atoms with Crippen LogP contribution in [-0.2, 0) is 16.1 Å². The van der Waals surface area contributed by atoms with E-state index in [0.717, 1.165) is 33.5 Å². The molecule has 19 heavy (non-hydrogen) atoms. The Hall–Kier alpha value is -0.520. The molecule has 0 saturated heterocycles. The van der Waals surface area contributed by atoms with Crippen LogP contribution in [0.5, 0.6) is 0 Å². The molecular formula is C14H17BrO3S. The SMILES string of the molecule is COC(=O)CC1(CSc2ccc(CO)cc2Br)CC1. The maximum Gasteiger partial charge on any atom is 0.306 e. The summed E-state index contributed by atoms with van der Waals surface area (Å²) in [6.07, 6.45) is 2.71. The van der Waals surface area contributed by atoms with Crippen molar-refractivity contribution in [3.63, 3.8) is 0 Å². The molecule has 2 rings (SSSR count). The minimum Gasteiger partial charge on any atom is -0.469 e. The van der Waals surface area contributed by atoms with Gasteiger partial charge in [0.1, 0.15) is 0 Å². The number of thioether (sulfide) groups is 1. The summed E-state index contributed by atoms with van der Waals surface area (Å²) in [6.45, 7) is 0.0514. The lowest BCUT2D eigenvalue weighted by Crippen LogP contribution is -2.13. The first-order chi connectivity index (χ1) is 9.08. The third-order valence-corrected chi connectivity index (χ3v) is 5.76. The number of carbonyl (C=O) groups excluding carboxylic acids is 1. The summed E-state index contributed by atoms with van der Waals surface area (Å²) >= 11 is 5.27. The van der Waals surface area contributed by atoms with Gasteiger partial charge in [0.25, 0.3) is 0 Å². The maximum absolute atomic E-state index is 11.4. The molecule has 0 aliphatic heterocycles. The summed E-state index contributed by atoms with van der Waals surface area (Å²) in [5.41, 5.74) is 1.03. The standard InChI is InChI=1S/C14H17BrO3S/c1-18-13(17)7-14(4-5-14)9-19-12-3-2-10(8-16)6-11(12)15/h2-3,6,16H,4-5,7-9H2,1H3. The van der Waals surface area contributed by atoms with Crippen molar-refractivity contribution in [3.8, 4) is 0 Å². The number of ether oxygens (including phenoxy) is 1. The quantitative estimate of drug-likeness (QED) is 0.634. The van der Waals surface area contributed by atoms with E-state index in [4.69, 9.17) is 9.84 Å². The molecule has 5 heteroatoms. The van der Waals surface area contributed by atoms with Gasteiger partial charge in [-0.2, -0.15) is 0 Å². The van der Waals surface area contributed by atoms with Gasteiger partial charge >= 0.3 is 5.97 Å². The molecule has 1 saturated carbocycles. The fourth-order valence-corrected chi connectivity index (χ4v) is 3.90. The van der Waals surface area contributed by atoms with E-state index in [9.17, 15) is 4.79 Å². The number of aliphatic hydroxyl groups is 1. The second-order valence-corrected chi connectivity index (χ2v) is 6.84. The smallest absolute Gasteiger partial charge is 0.306 e. The number of halogens is 1. The molecule has 104 valence electrons. The molecule has 3 nitrogen and oxygen atoms in total. The minimum absolute atomic E-state index is 0.0514. The molecule has 0 unspecified atom stereocenters. The predicted molar refractivity (Wildman–Crippen MR) is 79.1 cm³/mol. The van der Waals surface area contributed by atoms with Gasteiger partial charge in [-0.05, 0) is 51.9 Å². The van der Waals surface area contributed by atoms with Crippen LogP contribution >= 0.6 is 27.7 Å². The second-order valence-electron chi connectivity index (χ2n) is 4.96. The lowest BCUT2D eigenvalue weighted by Gasteiger charge is -2.14. The highest BCUT2D eigenvalue weighted by Gasteiger charge is 2.44. The van der Waals surface area contributed by atoms with Crippen LogP contribution < -0.4 is 0 Å². The van der Waals surface area contributed by atoms with E-state index in [1.165, 1.54) is 7.11 Å². The largest absolute Gasteiger partial charge is 0.469 e. The first-order valence-electron chi connectivity index (χ1n) is 6.17. The Labute approximate surface area is 125 Å². The van der Waals surface area contributed by atoms with E-state index in [0.29, 0.717) is 6.42 Å². The van der Waals surface area contributed by atoms with Crippen molar-refractivity contribution in [2.75, 3.05) is 12.9 Å². The van der Waals surface area contributed by atoms with Gasteiger partial charge in [-0.3, -0.25) is 4.79 Å². The Morgan fingerprint density at radius 2 is 2.26 bits per heavy atom. The van der Waals surface area contributed by atoms with Gasteiger partial charge in [-0.1, -0.05) is 6.07 Å². The van der Waals surface area contributed by atoms with Gasteiger partial charge in [-0.25, -0.2) is 0 Å². The van der Waals surface area contributed by atoms with E-state index >= 15 is 0 Å². The zero-order valence-electron chi connectivity index (χ0n) is 10.8. The Morgan fingerprint density at radius 1 is 1.53 bits per heavy atom. The van der Waals surface area contributed by atoms with Crippen molar-refractivity contribution in [2.24, 2.45) is 5.41 Å². The fraction of sp³-hybridized carbons (Fsp3) is 0.500. The molecule has 0 aromatic heterocycles. The van der Waals surface area contributed by atoms with E-state index in [-0.39, 0.29) is 18.0 Å². The van der Waals surface area contributed by atoms with Crippen LogP contribution in [0.1, 0.15) is 24.8 Å². The summed E-state index contributed by atoms with van der Waals surface area (Å²) in [5, 5.41) is 9.07. The molecule has 0 radical (unpaired) electrons. The van der Waals surface area contributed by atoms with E-state index in [1.54, 1.807) is 11.8 Å². The second kappa shape index (κ2) is 6.29. The van der Waals surface area contributed by atoms with E-state index in [1.807, 2.05) is 18.2 Å². The van der Waals surface area contributed by atoms with Crippen molar-refractivity contribution in [3.05, 3.63) is 28.2 Å². The summed E-state index contributed by atoms with van der Waals surface area (Å²) in [4.78, 5) is 12.5. The van der Waals surface area contributed by atoms with Crippen LogP contribution in [0.4, 0.5) is 0 Å². The Bertz CT molecular complexity index is 472. The molecule has 0 amide bonds. The molecule has 1 aromatic carbocycles. The molecule has 0 spiro atoms. The third kappa shape index (κ3) is 3.97. The average molecular weight is 345 g/mol. The van der Waals surface area contributed by atoms with Crippen molar-refractivity contribution in [1.82, 2.24) is 0 Å². The third-order valence-electron chi connectivity index (χ3n) is 3.42. The van der Waals surface area contributed by atoms with E-state index < -0.39 is 0 Å². The molecule has 1 aliphatic rings. The van der Waals surface area contributed by atoms with Crippen molar-refractivity contribution in [2.45, 2.75) is 30.8 Å². The molecular weight excluding hydrogens is 328 g/mol. The Morgan fingerprint density at radius 3 is 2.79 bits per heavy atom. The number of aliphatic hydroxyl groups excluding tert-OH is 1. The van der Waals surface area contributed by atoms with Crippen LogP contribution in [0.25, 0.3) is 0 Å². The zero-order valence-corrected chi connectivity index (χ0v) is 13.2. The van der Waals surface area contributed by atoms with Crippen LogP contribution in [0.15, 0.2) is 27.6 Å². The van der Waals surface area contributed by atoms with Gasteiger partial charge in [0.2, 0.25) is 0 Å². The highest BCUT2D eigenvalue weighted by molar-refractivity contribution is 9.10. The van der Waals surface area contributed by atoms with Crippen molar-refractivity contribution >= 4 is 33.7 Å². The number of carbonyl (C=O) groups is 1. The van der Waals surface area contributed by atoms with Crippen molar-refractivity contribution < 1.29 is 14.6 Å². The normalized spacial score (nSPS) is 16.2. The summed E-state index contributed by atoms with van der Waals surface area (Å²) in [6, 6.07) is 5.86. The number of esters is 1. The lowest BCUT2D eigenvalue weighted by atomic mass is 10.1. The average Bonchev–Trinajstić information content (AvgIpc) is 3.17. The van der Waals surface area contributed by atoms with Crippen LogP contribution in [-0.4, -0.2) is 23.9 Å². The highest BCUT2D eigenvalue weighted by atomic mass is 79.9. The van der Waals surface area contributed by atoms with Gasteiger partial charge < -0.3 is 9.84 Å². The molecule has 0 atom stereocenters. The number of rotatable bonds is 6. The first-order valence-corrected chi connectivity index (χ1v) is 7.95. The lowest BCUT2D eigenvalue weighted by molar-refractivity contribution is -0.141. The van der Waals surface area contributed by atoms with Gasteiger partial charge in [0.05, 0.1) is 20.1 Å². The topological polar surface area (TPSA) is 46.5 Å². The zero-order chi connectivity index (χ0) is 13.9. The maximum atomic E-state index is 11.4. The van der Waals surface area contributed by atoms with Gasteiger partial charge in [0, 0.05) is 15.1 Å². The van der Waals surface area contributed by atoms with Crippen LogP contribution in [0, 0.1) is 5.41 Å². The fourth-order valence-electron chi connectivity index (χ4n) is 1.92. The van der Waals surface area contributed by atoms with Gasteiger partial charge in [0.15, 0.2) is 0 Å². The number of hydrogen-bond acceptors (Lipinski definition) is 4. The monoisotopic (exact) mass is 344 g/mol. The Kier molecular flexibility index (Phi) is 4.92. The summed E-state index contributed by atoms with van der Waals surface area (Å²) in [5.74, 6) is 0.812. The number of benzene rings is 1. The molecule has 1 N–H and O–H groups in total. The molecule has 0 heterocycles. The molecule has 1 fully saturated rings. The van der Waals surface area contributed by atoms with E-state index in [2.05, 4.69) is 15.9 Å². The Balaban J connectivity index is 1.94. The van der Waals surface area contributed by atoms with Crippen molar-refractivity contribution in [1.29, 1.82) is 0 Å². The van der Waals surface area contributed by atoms with Crippen LogP contribution in [0.3, 0.4) is 0 Å². The molecule has 0 bridgehead atoms. The molecule has 1 aromatic rings. The van der Waals surface area contributed by atoms with Gasteiger partial charge in [-0.15, -0.1) is 11.8 Å².